The lowest BCUT2D eigenvalue weighted by atomic mass is 10.1. The van der Waals surface area contributed by atoms with Crippen LogP contribution in [-0.4, -0.2) is 16.6 Å². The molecule has 2 N–H and O–H groups in total. The largest absolute Gasteiger partial charge is 0.357 e. The Kier molecular flexibility index (Phi) is 6.01. The highest BCUT2D eigenvalue weighted by molar-refractivity contribution is 7.99. The standard InChI is InChI=1S/C20H19ClN2O2S/c1-2-13-6-7-18-17(8-13)19(24)10-16(22-18)11-26-12-20(25)23-15-5-3-4-14(21)9-15/h3-10H,2,11-12H2,1H3,(H,22,24)(H,23,25). The second-order valence-electron chi connectivity index (χ2n) is 5.94. The van der Waals surface area contributed by atoms with Crippen LogP contribution in [0.1, 0.15) is 18.2 Å². The highest BCUT2D eigenvalue weighted by Gasteiger charge is 2.06. The van der Waals surface area contributed by atoms with E-state index in [0.29, 0.717) is 27.6 Å². The van der Waals surface area contributed by atoms with E-state index in [-0.39, 0.29) is 11.3 Å². The number of nitrogens with one attached hydrogen (secondary N) is 2. The quantitative estimate of drug-likeness (QED) is 0.650. The molecule has 0 unspecified atom stereocenters. The number of fused-ring (bicyclic) bond motifs is 1. The number of anilines is 1. The molecule has 0 saturated heterocycles. The molecule has 3 aromatic rings. The van der Waals surface area contributed by atoms with Crippen molar-refractivity contribution in [2.45, 2.75) is 19.1 Å². The Hall–Kier alpha value is -2.24. The molecule has 2 aromatic carbocycles. The molecule has 0 atom stereocenters. The Morgan fingerprint density at radius 1 is 1.19 bits per heavy atom. The van der Waals surface area contributed by atoms with Crippen LogP contribution in [0.5, 0.6) is 0 Å². The molecule has 0 aliphatic rings. The zero-order chi connectivity index (χ0) is 18.5. The maximum atomic E-state index is 12.3. The van der Waals surface area contributed by atoms with Crippen LogP contribution in [0.4, 0.5) is 5.69 Å². The maximum Gasteiger partial charge on any atom is 0.234 e. The third-order valence-electron chi connectivity index (χ3n) is 3.96. The van der Waals surface area contributed by atoms with Crippen LogP contribution in [0.3, 0.4) is 0 Å². The van der Waals surface area contributed by atoms with Gasteiger partial charge in [-0.2, -0.15) is 0 Å². The van der Waals surface area contributed by atoms with E-state index < -0.39 is 0 Å². The van der Waals surface area contributed by atoms with E-state index in [1.165, 1.54) is 11.8 Å². The summed E-state index contributed by atoms with van der Waals surface area (Å²) in [6.45, 7) is 2.06. The van der Waals surface area contributed by atoms with Crippen LogP contribution in [0.25, 0.3) is 10.9 Å². The van der Waals surface area contributed by atoms with E-state index in [2.05, 4.69) is 17.2 Å². The third kappa shape index (κ3) is 4.68. The van der Waals surface area contributed by atoms with Gasteiger partial charge < -0.3 is 10.3 Å². The van der Waals surface area contributed by atoms with Gasteiger partial charge in [-0.15, -0.1) is 11.8 Å². The number of pyridine rings is 1. The van der Waals surface area contributed by atoms with Crippen molar-refractivity contribution in [1.29, 1.82) is 0 Å². The van der Waals surface area contributed by atoms with Gasteiger partial charge in [0, 0.05) is 39.1 Å². The summed E-state index contributed by atoms with van der Waals surface area (Å²) in [4.78, 5) is 27.6. The van der Waals surface area contributed by atoms with Crippen LogP contribution in [0.2, 0.25) is 5.02 Å². The Bertz CT molecular complexity index is 1000. The van der Waals surface area contributed by atoms with Gasteiger partial charge in [-0.25, -0.2) is 0 Å². The van der Waals surface area contributed by atoms with Crippen LogP contribution in [0, 0.1) is 0 Å². The van der Waals surface area contributed by atoms with Gasteiger partial charge in [0.1, 0.15) is 0 Å². The molecule has 1 amide bonds. The smallest absolute Gasteiger partial charge is 0.234 e. The van der Waals surface area contributed by atoms with Crippen molar-refractivity contribution in [1.82, 2.24) is 4.98 Å². The van der Waals surface area contributed by atoms with Crippen LogP contribution >= 0.6 is 23.4 Å². The second kappa shape index (κ2) is 8.43. The van der Waals surface area contributed by atoms with Gasteiger partial charge in [-0.3, -0.25) is 9.59 Å². The normalized spacial score (nSPS) is 10.8. The molecule has 0 saturated carbocycles. The minimum Gasteiger partial charge on any atom is -0.357 e. The molecule has 1 aromatic heterocycles. The fourth-order valence-electron chi connectivity index (χ4n) is 2.66. The predicted octanol–water partition coefficient (Wildman–Crippen LogP) is 4.62. The molecule has 3 rings (SSSR count). The van der Waals surface area contributed by atoms with Crippen molar-refractivity contribution < 1.29 is 4.79 Å². The number of halogens is 1. The molecule has 0 radical (unpaired) electrons. The summed E-state index contributed by atoms with van der Waals surface area (Å²) in [7, 11) is 0. The van der Waals surface area contributed by atoms with Crippen molar-refractivity contribution in [3.05, 3.63) is 75.0 Å². The minimum absolute atomic E-state index is 0.00743. The Labute approximate surface area is 161 Å². The molecule has 0 aliphatic carbocycles. The van der Waals surface area contributed by atoms with E-state index in [0.717, 1.165) is 23.2 Å². The summed E-state index contributed by atoms with van der Waals surface area (Å²) in [5.41, 5.74) is 3.46. The van der Waals surface area contributed by atoms with Crippen molar-refractivity contribution in [2.24, 2.45) is 0 Å². The zero-order valence-corrected chi connectivity index (χ0v) is 15.9. The molecule has 0 bridgehead atoms. The van der Waals surface area contributed by atoms with Gasteiger partial charge in [-0.05, 0) is 42.3 Å². The third-order valence-corrected chi connectivity index (χ3v) is 5.17. The first-order valence-corrected chi connectivity index (χ1v) is 9.86. The molecular weight excluding hydrogens is 368 g/mol. The highest BCUT2D eigenvalue weighted by Crippen LogP contribution is 2.17. The molecule has 26 heavy (non-hydrogen) atoms. The Balaban J connectivity index is 1.61. The average molecular weight is 387 g/mol. The molecule has 0 spiro atoms. The summed E-state index contributed by atoms with van der Waals surface area (Å²) in [6, 6.07) is 14.5. The molecular formula is C20H19ClN2O2S. The molecule has 4 nitrogen and oxygen atoms in total. The first kappa shape index (κ1) is 18.5. The fourth-order valence-corrected chi connectivity index (χ4v) is 3.59. The summed E-state index contributed by atoms with van der Waals surface area (Å²) >= 11 is 7.35. The maximum absolute atomic E-state index is 12.3. The van der Waals surface area contributed by atoms with Crippen LogP contribution in [0.15, 0.2) is 53.3 Å². The average Bonchev–Trinajstić information content (AvgIpc) is 2.61. The SMILES string of the molecule is CCc1ccc2[nH]c(CSCC(=O)Nc3cccc(Cl)c3)cc(=O)c2c1. The number of amides is 1. The number of carbonyl (C=O) groups excluding carboxylic acids is 1. The van der Waals surface area contributed by atoms with Crippen LogP contribution < -0.4 is 10.7 Å². The topological polar surface area (TPSA) is 62.0 Å². The number of H-pyrrole nitrogens is 1. The van der Waals surface area contributed by atoms with E-state index in [9.17, 15) is 9.59 Å². The molecule has 6 heteroatoms. The van der Waals surface area contributed by atoms with Gasteiger partial charge in [0.2, 0.25) is 5.91 Å². The number of rotatable bonds is 6. The first-order chi connectivity index (χ1) is 12.5. The number of carbonyl (C=O) groups is 1. The summed E-state index contributed by atoms with van der Waals surface area (Å²) in [6.07, 6.45) is 0.898. The molecule has 1 heterocycles. The van der Waals surface area contributed by atoms with Gasteiger partial charge in [0.25, 0.3) is 0 Å². The van der Waals surface area contributed by atoms with E-state index in [4.69, 9.17) is 11.6 Å². The Morgan fingerprint density at radius 3 is 2.81 bits per heavy atom. The predicted molar refractivity (Wildman–Crippen MR) is 110 cm³/mol. The lowest BCUT2D eigenvalue weighted by Gasteiger charge is -2.07. The minimum atomic E-state index is -0.104. The van der Waals surface area contributed by atoms with Gasteiger partial charge in [0.05, 0.1) is 5.75 Å². The van der Waals surface area contributed by atoms with Gasteiger partial charge in [0.15, 0.2) is 5.43 Å². The van der Waals surface area contributed by atoms with E-state index in [1.54, 1.807) is 30.3 Å². The lowest BCUT2D eigenvalue weighted by Crippen LogP contribution is -2.14. The summed E-state index contributed by atoms with van der Waals surface area (Å²) in [5.74, 6) is 0.748. The number of benzene rings is 2. The number of aromatic amines is 1. The second-order valence-corrected chi connectivity index (χ2v) is 7.37. The number of hydrogen-bond donors (Lipinski definition) is 2. The number of aryl methyl sites for hydroxylation is 1. The number of hydrogen-bond acceptors (Lipinski definition) is 3. The summed E-state index contributed by atoms with van der Waals surface area (Å²) in [5, 5.41) is 4.09. The number of thioether (sulfide) groups is 1. The fraction of sp³-hybridized carbons (Fsp3) is 0.200. The van der Waals surface area contributed by atoms with Gasteiger partial charge in [-0.1, -0.05) is 30.7 Å². The molecule has 0 fully saturated rings. The molecule has 0 aliphatic heterocycles. The Morgan fingerprint density at radius 2 is 2.04 bits per heavy atom. The van der Waals surface area contributed by atoms with Crippen molar-refractivity contribution >= 4 is 45.9 Å². The lowest BCUT2D eigenvalue weighted by molar-refractivity contribution is -0.113. The molecule has 134 valence electrons. The highest BCUT2D eigenvalue weighted by atomic mass is 35.5. The monoisotopic (exact) mass is 386 g/mol. The summed E-state index contributed by atoms with van der Waals surface area (Å²) < 4.78 is 0. The van der Waals surface area contributed by atoms with E-state index in [1.807, 2.05) is 18.2 Å². The van der Waals surface area contributed by atoms with Crippen molar-refractivity contribution in [2.75, 3.05) is 11.1 Å². The van der Waals surface area contributed by atoms with Gasteiger partial charge >= 0.3 is 0 Å². The van der Waals surface area contributed by atoms with Crippen LogP contribution in [-0.2, 0) is 17.0 Å². The van der Waals surface area contributed by atoms with Crippen molar-refractivity contribution in [3.8, 4) is 0 Å². The number of aromatic nitrogens is 1. The van der Waals surface area contributed by atoms with Crippen molar-refractivity contribution in [3.63, 3.8) is 0 Å². The zero-order valence-electron chi connectivity index (χ0n) is 14.3. The first-order valence-electron chi connectivity index (χ1n) is 8.33. The van der Waals surface area contributed by atoms with E-state index >= 15 is 0 Å².